The Bertz CT molecular complexity index is 897. The highest BCUT2D eigenvalue weighted by Crippen LogP contribution is 2.30. The number of hydrogen-bond donors (Lipinski definition) is 1. The first-order valence-corrected chi connectivity index (χ1v) is 7.36. The number of halogens is 3. The summed E-state index contributed by atoms with van der Waals surface area (Å²) in [6.45, 7) is 0.236. The summed E-state index contributed by atoms with van der Waals surface area (Å²) in [5, 5.41) is 0.917. The molecular weight excluding hydrogens is 317 g/mol. The van der Waals surface area contributed by atoms with Gasteiger partial charge in [0.15, 0.2) is 0 Å². The molecule has 3 nitrogen and oxygen atoms in total. The van der Waals surface area contributed by atoms with Gasteiger partial charge in [0.1, 0.15) is 0 Å². The van der Waals surface area contributed by atoms with Gasteiger partial charge in [-0.1, -0.05) is 30.3 Å². The zero-order valence-corrected chi connectivity index (χ0v) is 12.7. The summed E-state index contributed by atoms with van der Waals surface area (Å²) in [5.41, 5.74) is 6.65. The Morgan fingerprint density at radius 3 is 2.50 bits per heavy atom. The van der Waals surface area contributed by atoms with E-state index in [0.717, 1.165) is 23.0 Å². The number of nitrogens with two attached hydrogens (primary N) is 1. The van der Waals surface area contributed by atoms with Crippen molar-refractivity contribution in [3.8, 4) is 0 Å². The van der Waals surface area contributed by atoms with Crippen molar-refractivity contribution in [3.63, 3.8) is 0 Å². The lowest BCUT2D eigenvalue weighted by molar-refractivity contribution is -0.137. The molecular formula is C18H15F3N2O. The summed E-state index contributed by atoms with van der Waals surface area (Å²) >= 11 is 0. The van der Waals surface area contributed by atoms with Crippen LogP contribution >= 0.6 is 0 Å². The van der Waals surface area contributed by atoms with E-state index in [0.29, 0.717) is 11.3 Å². The third-order valence-electron chi connectivity index (χ3n) is 3.85. The fourth-order valence-corrected chi connectivity index (χ4v) is 2.81. The number of hydrogen-bond acceptors (Lipinski definition) is 1. The monoisotopic (exact) mass is 332 g/mol. The standard InChI is InChI=1S/C18H15F3N2O/c19-18(20,21)14-6-3-4-12(8-14)11-23-15(10-17(22)24)9-13-5-1-2-7-16(13)23/h1-9H,10-11H2,(H2,22,24). The van der Waals surface area contributed by atoms with Crippen molar-refractivity contribution in [1.82, 2.24) is 4.57 Å². The van der Waals surface area contributed by atoms with Crippen molar-refractivity contribution < 1.29 is 18.0 Å². The molecule has 0 saturated heterocycles. The third-order valence-corrected chi connectivity index (χ3v) is 3.85. The summed E-state index contributed by atoms with van der Waals surface area (Å²) < 4.78 is 40.5. The lowest BCUT2D eigenvalue weighted by Gasteiger charge is -2.12. The minimum Gasteiger partial charge on any atom is -0.369 e. The first kappa shape index (κ1) is 16.1. The lowest BCUT2D eigenvalue weighted by atomic mass is 10.1. The van der Waals surface area contributed by atoms with Crippen molar-refractivity contribution in [2.24, 2.45) is 5.73 Å². The molecule has 0 atom stereocenters. The van der Waals surface area contributed by atoms with Gasteiger partial charge >= 0.3 is 6.18 Å². The van der Waals surface area contributed by atoms with E-state index in [2.05, 4.69) is 0 Å². The van der Waals surface area contributed by atoms with Crippen LogP contribution in [0.4, 0.5) is 13.2 Å². The number of benzene rings is 2. The number of para-hydroxylation sites is 1. The van der Waals surface area contributed by atoms with Gasteiger partial charge in [-0.25, -0.2) is 0 Å². The summed E-state index contributed by atoms with van der Waals surface area (Å²) in [6, 6.07) is 14.5. The van der Waals surface area contributed by atoms with E-state index >= 15 is 0 Å². The van der Waals surface area contributed by atoms with Crippen LogP contribution in [0.5, 0.6) is 0 Å². The average Bonchev–Trinajstić information content (AvgIpc) is 2.84. The quantitative estimate of drug-likeness (QED) is 0.777. The number of carbonyl (C=O) groups is 1. The Morgan fingerprint density at radius 2 is 1.79 bits per heavy atom. The molecule has 24 heavy (non-hydrogen) atoms. The predicted octanol–water partition coefficient (Wildman–Crippen LogP) is 3.74. The summed E-state index contributed by atoms with van der Waals surface area (Å²) in [5.74, 6) is -0.483. The topological polar surface area (TPSA) is 48.0 Å². The Labute approximate surface area is 136 Å². The zero-order chi connectivity index (χ0) is 17.3. The molecule has 3 aromatic rings. The van der Waals surface area contributed by atoms with Crippen molar-refractivity contribution in [2.75, 3.05) is 0 Å². The number of fused-ring (bicyclic) bond motifs is 1. The fourth-order valence-electron chi connectivity index (χ4n) is 2.81. The molecule has 0 aliphatic heterocycles. The second-order valence-corrected chi connectivity index (χ2v) is 5.62. The van der Waals surface area contributed by atoms with Gasteiger partial charge in [0, 0.05) is 17.8 Å². The van der Waals surface area contributed by atoms with Crippen LogP contribution in [0.2, 0.25) is 0 Å². The van der Waals surface area contributed by atoms with E-state index in [-0.39, 0.29) is 13.0 Å². The molecule has 2 N–H and O–H groups in total. The van der Waals surface area contributed by atoms with E-state index < -0.39 is 17.6 Å². The SMILES string of the molecule is NC(=O)Cc1cc2ccccc2n1Cc1cccc(C(F)(F)F)c1. The first-order valence-electron chi connectivity index (χ1n) is 7.36. The second-order valence-electron chi connectivity index (χ2n) is 5.62. The van der Waals surface area contributed by atoms with Crippen LogP contribution in [0.25, 0.3) is 10.9 Å². The third kappa shape index (κ3) is 3.27. The molecule has 0 unspecified atom stereocenters. The van der Waals surface area contributed by atoms with E-state index in [1.165, 1.54) is 6.07 Å². The summed E-state index contributed by atoms with van der Waals surface area (Å²) in [4.78, 5) is 11.3. The van der Waals surface area contributed by atoms with Crippen molar-refractivity contribution in [3.05, 3.63) is 71.4 Å². The molecule has 124 valence electrons. The summed E-state index contributed by atoms with van der Waals surface area (Å²) in [6.07, 6.45) is -4.35. The van der Waals surface area contributed by atoms with Gasteiger partial charge < -0.3 is 10.3 Å². The smallest absolute Gasteiger partial charge is 0.369 e. The molecule has 0 bridgehead atoms. The maximum Gasteiger partial charge on any atom is 0.416 e. The van der Waals surface area contributed by atoms with Gasteiger partial charge in [0.2, 0.25) is 5.91 Å². The molecule has 0 spiro atoms. The molecule has 1 aromatic heterocycles. The van der Waals surface area contributed by atoms with Gasteiger partial charge in [0.05, 0.1) is 12.0 Å². The number of amides is 1. The Balaban J connectivity index is 2.04. The minimum absolute atomic E-state index is 0.0354. The first-order chi connectivity index (χ1) is 11.3. The summed E-state index contributed by atoms with van der Waals surface area (Å²) in [7, 11) is 0. The van der Waals surface area contributed by atoms with Crippen LogP contribution in [0, 0.1) is 0 Å². The number of rotatable bonds is 4. The van der Waals surface area contributed by atoms with Crippen LogP contribution in [0.1, 0.15) is 16.8 Å². The minimum atomic E-state index is -4.38. The molecule has 0 radical (unpaired) electrons. The Morgan fingerprint density at radius 1 is 1.04 bits per heavy atom. The van der Waals surface area contributed by atoms with Crippen LogP contribution in [0.15, 0.2) is 54.6 Å². The van der Waals surface area contributed by atoms with Crippen LogP contribution < -0.4 is 5.73 Å². The van der Waals surface area contributed by atoms with Crippen LogP contribution in [-0.2, 0) is 23.9 Å². The zero-order valence-electron chi connectivity index (χ0n) is 12.7. The predicted molar refractivity (Wildman–Crippen MR) is 85.4 cm³/mol. The van der Waals surface area contributed by atoms with Crippen molar-refractivity contribution in [1.29, 1.82) is 0 Å². The molecule has 6 heteroatoms. The van der Waals surface area contributed by atoms with Crippen molar-refractivity contribution >= 4 is 16.8 Å². The number of primary amides is 1. The molecule has 3 rings (SSSR count). The van der Waals surface area contributed by atoms with Crippen LogP contribution in [-0.4, -0.2) is 10.5 Å². The molecule has 0 saturated carbocycles. The van der Waals surface area contributed by atoms with Crippen LogP contribution in [0.3, 0.4) is 0 Å². The Hall–Kier alpha value is -2.76. The highest BCUT2D eigenvalue weighted by molar-refractivity contribution is 5.84. The molecule has 1 amide bonds. The highest BCUT2D eigenvalue weighted by Gasteiger charge is 2.30. The number of aromatic nitrogens is 1. The lowest BCUT2D eigenvalue weighted by Crippen LogP contribution is -2.17. The largest absolute Gasteiger partial charge is 0.416 e. The average molecular weight is 332 g/mol. The van der Waals surface area contributed by atoms with Gasteiger partial charge in [-0.2, -0.15) is 13.2 Å². The van der Waals surface area contributed by atoms with Gasteiger partial charge in [0.25, 0.3) is 0 Å². The molecule has 1 heterocycles. The molecule has 0 fully saturated rings. The van der Waals surface area contributed by atoms with E-state index in [4.69, 9.17) is 5.73 Å². The van der Waals surface area contributed by atoms with Crippen molar-refractivity contribution in [2.45, 2.75) is 19.1 Å². The molecule has 0 aliphatic rings. The van der Waals surface area contributed by atoms with Gasteiger partial charge in [-0.15, -0.1) is 0 Å². The van der Waals surface area contributed by atoms with E-state index in [1.807, 2.05) is 34.9 Å². The maximum atomic E-state index is 12.9. The maximum absolute atomic E-state index is 12.9. The number of carbonyl (C=O) groups excluding carboxylic acids is 1. The van der Waals surface area contributed by atoms with Gasteiger partial charge in [-0.3, -0.25) is 4.79 Å². The van der Waals surface area contributed by atoms with E-state index in [1.54, 1.807) is 6.07 Å². The fraction of sp³-hybridized carbons (Fsp3) is 0.167. The normalized spacial score (nSPS) is 11.8. The Kier molecular flexibility index (Phi) is 4.05. The highest BCUT2D eigenvalue weighted by atomic mass is 19.4. The number of alkyl halides is 3. The van der Waals surface area contributed by atoms with Gasteiger partial charge in [-0.05, 0) is 35.2 Å². The van der Waals surface area contributed by atoms with E-state index in [9.17, 15) is 18.0 Å². The molecule has 0 aliphatic carbocycles. The number of nitrogens with zero attached hydrogens (tertiary/aromatic N) is 1. The molecule has 2 aromatic carbocycles. The second kappa shape index (κ2) is 6.03.